The van der Waals surface area contributed by atoms with Gasteiger partial charge in [-0.3, -0.25) is 4.79 Å². The molecule has 0 radical (unpaired) electrons. The Hall–Kier alpha value is -2.16. The molecule has 1 amide bonds. The zero-order valence-corrected chi connectivity index (χ0v) is 16.7. The fourth-order valence-electron chi connectivity index (χ4n) is 3.97. The molecule has 1 saturated carbocycles. The van der Waals surface area contributed by atoms with Crippen molar-refractivity contribution in [3.63, 3.8) is 0 Å². The molecule has 1 aromatic carbocycles. The summed E-state index contributed by atoms with van der Waals surface area (Å²) in [5.41, 5.74) is 0.614. The van der Waals surface area contributed by atoms with Crippen LogP contribution in [0.15, 0.2) is 24.3 Å². The van der Waals surface area contributed by atoms with Crippen LogP contribution < -0.4 is 4.90 Å². The molecule has 9 heteroatoms. The average Bonchev–Trinajstić information content (AvgIpc) is 3.40. The quantitative estimate of drug-likeness (QED) is 0.737. The first-order valence-electron chi connectivity index (χ1n) is 9.84. The first kappa shape index (κ1) is 19.2. The number of tetrazole rings is 1. The number of para-hydroxylation sites is 1. The molecule has 1 aromatic heterocycles. The van der Waals surface area contributed by atoms with Crippen molar-refractivity contribution in [3.05, 3.63) is 35.9 Å². The molecule has 0 unspecified atom stereocenters. The summed E-state index contributed by atoms with van der Waals surface area (Å²) in [7, 11) is 0. The standard InChI is InChI=1S/C19H25FN6OS/c20-16-7-3-4-8-17(16)24-9-11-25(12-10-24)19(27)14-28-13-18-21-22-23-26(18)15-5-1-2-6-15/h3-4,7-8,15H,1-2,5-6,9-14H2. The molecular weight excluding hydrogens is 379 g/mol. The highest BCUT2D eigenvalue weighted by Gasteiger charge is 2.24. The summed E-state index contributed by atoms with van der Waals surface area (Å²) in [6.45, 7) is 2.54. The van der Waals surface area contributed by atoms with Gasteiger partial charge in [0.1, 0.15) is 5.82 Å². The zero-order valence-electron chi connectivity index (χ0n) is 15.8. The van der Waals surface area contributed by atoms with Crippen molar-refractivity contribution >= 4 is 23.4 Å². The molecule has 4 rings (SSSR count). The highest BCUT2D eigenvalue weighted by atomic mass is 32.2. The number of rotatable bonds is 6. The van der Waals surface area contributed by atoms with Crippen LogP contribution in [0.1, 0.15) is 37.5 Å². The highest BCUT2D eigenvalue weighted by molar-refractivity contribution is 7.99. The Kier molecular flexibility index (Phi) is 6.09. The SMILES string of the molecule is O=C(CSCc1nnnn1C1CCCC1)N1CCN(c2ccccc2F)CC1. The summed E-state index contributed by atoms with van der Waals surface area (Å²) in [6, 6.07) is 7.21. The predicted octanol–water partition coefficient (Wildman–Crippen LogP) is 2.51. The number of hydrogen-bond acceptors (Lipinski definition) is 6. The molecule has 1 aliphatic heterocycles. The van der Waals surface area contributed by atoms with Crippen molar-refractivity contribution in [3.8, 4) is 0 Å². The maximum Gasteiger partial charge on any atom is 0.232 e. The van der Waals surface area contributed by atoms with Crippen LogP contribution >= 0.6 is 11.8 Å². The van der Waals surface area contributed by atoms with E-state index in [1.165, 1.54) is 18.9 Å². The van der Waals surface area contributed by atoms with Crippen LogP contribution in [0.4, 0.5) is 10.1 Å². The molecule has 0 spiro atoms. The lowest BCUT2D eigenvalue weighted by Crippen LogP contribution is -2.49. The predicted molar refractivity (Wildman–Crippen MR) is 107 cm³/mol. The Balaban J connectivity index is 1.23. The van der Waals surface area contributed by atoms with E-state index in [2.05, 4.69) is 15.5 Å². The summed E-state index contributed by atoms with van der Waals surface area (Å²) >= 11 is 1.56. The van der Waals surface area contributed by atoms with Crippen LogP contribution in [0.3, 0.4) is 0 Å². The lowest BCUT2D eigenvalue weighted by atomic mass is 10.2. The lowest BCUT2D eigenvalue weighted by molar-refractivity contribution is -0.128. The highest BCUT2D eigenvalue weighted by Crippen LogP contribution is 2.29. The van der Waals surface area contributed by atoms with Gasteiger partial charge in [-0.05, 0) is 35.4 Å². The van der Waals surface area contributed by atoms with Gasteiger partial charge in [0.15, 0.2) is 5.82 Å². The van der Waals surface area contributed by atoms with E-state index in [9.17, 15) is 9.18 Å². The molecular formula is C19H25FN6OS. The van der Waals surface area contributed by atoms with E-state index in [0.717, 1.165) is 18.7 Å². The Morgan fingerprint density at radius 2 is 1.89 bits per heavy atom. The van der Waals surface area contributed by atoms with E-state index in [4.69, 9.17) is 0 Å². The molecule has 7 nitrogen and oxygen atoms in total. The van der Waals surface area contributed by atoms with Crippen LogP contribution in [0.25, 0.3) is 0 Å². The van der Waals surface area contributed by atoms with Crippen molar-refractivity contribution in [2.45, 2.75) is 37.5 Å². The minimum Gasteiger partial charge on any atom is -0.366 e. The number of carbonyl (C=O) groups is 1. The monoisotopic (exact) mass is 404 g/mol. The van der Waals surface area contributed by atoms with E-state index in [-0.39, 0.29) is 11.7 Å². The number of halogens is 1. The molecule has 28 heavy (non-hydrogen) atoms. The zero-order chi connectivity index (χ0) is 19.3. The Bertz CT molecular complexity index is 801. The van der Waals surface area contributed by atoms with Crippen LogP contribution in [0, 0.1) is 5.82 Å². The molecule has 0 N–H and O–H groups in total. The Morgan fingerprint density at radius 1 is 1.14 bits per heavy atom. The van der Waals surface area contributed by atoms with E-state index >= 15 is 0 Å². The maximum atomic E-state index is 13.9. The smallest absolute Gasteiger partial charge is 0.232 e. The molecule has 2 aliphatic rings. The number of hydrogen-bond donors (Lipinski definition) is 0. The van der Waals surface area contributed by atoms with Gasteiger partial charge < -0.3 is 9.80 Å². The van der Waals surface area contributed by atoms with Crippen LogP contribution in [-0.4, -0.2) is 62.9 Å². The first-order valence-corrected chi connectivity index (χ1v) is 11.0. The van der Waals surface area contributed by atoms with E-state index in [0.29, 0.717) is 49.4 Å². The van der Waals surface area contributed by atoms with Crippen molar-refractivity contribution in [2.24, 2.45) is 0 Å². The van der Waals surface area contributed by atoms with Gasteiger partial charge in [0.2, 0.25) is 5.91 Å². The van der Waals surface area contributed by atoms with Crippen LogP contribution in [-0.2, 0) is 10.5 Å². The molecule has 2 heterocycles. The van der Waals surface area contributed by atoms with Gasteiger partial charge in [0.25, 0.3) is 0 Å². The number of amides is 1. The van der Waals surface area contributed by atoms with Gasteiger partial charge in [-0.25, -0.2) is 9.07 Å². The Morgan fingerprint density at radius 3 is 2.64 bits per heavy atom. The number of piperazine rings is 1. The molecule has 1 saturated heterocycles. The minimum atomic E-state index is -0.210. The molecule has 0 bridgehead atoms. The van der Waals surface area contributed by atoms with Crippen molar-refractivity contribution in [1.29, 1.82) is 0 Å². The summed E-state index contributed by atoms with van der Waals surface area (Å²) in [4.78, 5) is 16.4. The second-order valence-electron chi connectivity index (χ2n) is 7.29. The largest absolute Gasteiger partial charge is 0.366 e. The average molecular weight is 405 g/mol. The fraction of sp³-hybridized carbons (Fsp3) is 0.579. The number of aromatic nitrogens is 4. The van der Waals surface area contributed by atoms with Crippen molar-refractivity contribution < 1.29 is 9.18 Å². The van der Waals surface area contributed by atoms with Gasteiger partial charge in [0.05, 0.1) is 23.2 Å². The normalized spacial score (nSPS) is 18.0. The van der Waals surface area contributed by atoms with E-state index in [1.54, 1.807) is 23.9 Å². The summed E-state index contributed by atoms with van der Waals surface area (Å²) in [6.07, 6.45) is 4.73. The Labute approximate surface area is 168 Å². The minimum absolute atomic E-state index is 0.123. The molecule has 2 aromatic rings. The third kappa shape index (κ3) is 4.29. The summed E-state index contributed by atoms with van der Waals surface area (Å²) in [5, 5.41) is 12.1. The molecule has 150 valence electrons. The fourth-order valence-corrected chi connectivity index (χ4v) is 4.80. The first-order chi connectivity index (χ1) is 13.7. The third-order valence-electron chi connectivity index (χ3n) is 5.51. The number of thioether (sulfide) groups is 1. The van der Waals surface area contributed by atoms with E-state index < -0.39 is 0 Å². The molecule has 0 atom stereocenters. The second kappa shape index (κ2) is 8.89. The number of nitrogens with zero attached hydrogens (tertiary/aromatic N) is 6. The van der Waals surface area contributed by atoms with Gasteiger partial charge in [-0.1, -0.05) is 25.0 Å². The van der Waals surface area contributed by atoms with Gasteiger partial charge in [0, 0.05) is 26.2 Å². The summed E-state index contributed by atoms with van der Waals surface area (Å²) < 4.78 is 15.9. The maximum absolute atomic E-state index is 13.9. The molecule has 1 aliphatic carbocycles. The number of carbonyl (C=O) groups excluding carboxylic acids is 1. The third-order valence-corrected chi connectivity index (χ3v) is 6.43. The van der Waals surface area contributed by atoms with Gasteiger partial charge in [-0.15, -0.1) is 16.9 Å². The number of benzene rings is 1. The number of anilines is 1. The topological polar surface area (TPSA) is 67.2 Å². The van der Waals surface area contributed by atoms with Crippen LogP contribution in [0.5, 0.6) is 0 Å². The van der Waals surface area contributed by atoms with E-state index in [1.807, 2.05) is 20.5 Å². The molecule has 2 fully saturated rings. The van der Waals surface area contributed by atoms with Gasteiger partial charge >= 0.3 is 0 Å². The van der Waals surface area contributed by atoms with Crippen LogP contribution in [0.2, 0.25) is 0 Å². The second-order valence-corrected chi connectivity index (χ2v) is 8.28. The summed E-state index contributed by atoms with van der Waals surface area (Å²) in [5.74, 6) is 1.83. The van der Waals surface area contributed by atoms with Gasteiger partial charge in [-0.2, -0.15) is 0 Å². The van der Waals surface area contributed by atoms with Crippen molar-refractivity contribution in [2.75, 3.05) is 36.8 Å². The lowest BCUT2D eigenvalue weighted by Gasteiger charge is -2.36. The van der Waals surface area contributed by atoms with Crippen molar-refractivity contribution in [1.82, 2.24) is 25.1 Å².